The van der Waals surface area contributed by atoms with Gasteiger partial charge in [-0.25, -0.2) is 13.4 Å². The maximum absolute atomic E-state index is 12.8. The van der Waals surface area contributed by atoms with Crippen molar-refractivity contribution in [3.8, 4) is 11.1 Å². The van der Waals surface area contributed by atoms with Crippen molar-refractivity contribution < 1.29 is 8.42 Å². The molecule has 5 rings (SSSR count). The van der Waals surface area contributed by atoms with Crippen molar-refractivity contribution in [3.63, 3.8) is 0 Å². The van der Waals surface area contributed by atoms with Gasteiger partial charge in [-0.05, 0) is 66.5 Å². The number of anilines is 1. The van der Waals surface area contributed by atoms with Crippen molar-refractivity contribution in [2.24, 2.45) is 5.73 Å². The SMILES string of the molecule is Nc1ccc(S(=O)(=O)Cc2cccc(-c3ccc([C@H]4C[C@@H]4NC4CCC(N)CC4)cc3)c2)cn1. The predicted molar refractivity (Wildman–Crippen MR) is 136 cm³/mol. The molecule has 3 aromatic rings. The number of rotatable bonds is 7. The van der Waals surface area contributed by atoms with Gasteiger partial charge in [-0.3, -0.25) is 0 Å². The van der Waals surface area contributed by atoms with E-state index in [0.29, 0.717) is 29.9 Å². The first-order chi connectivity index (χ1) is 16.4. The van der Waals surface area contributed by atoms with Crippen LogP contribution >= 0.6 is 0 Å². The third kappa shape index (κ3) is 5.32. The summed E-state index contributed by atoms with van der Waals surface area (Å²) in [6.45, 7) is 0. The zero-order valence-corrected chi connectivity index (χ0v) is 20.0. The van der Waals surface area contributed by atoms with Gasteiger partial charge in [0.15, 0.2) is 9.84 Å². The van der Waals surface area contributed by atoms with Crippen molar-refractivity contribution in [1.82, 2.24) is 10.3 Å². The van der Waals surface area contributed by atoms with Crippen molar-refractivity contribution in [2.75, 3.05) is 5.73 Å². The fraction of sp³-hybridized carbons (Fsp3) is 0.370. The fourth-order valence-electron chi connectivity index (χ4n) is 4.98. The number of nitrogens with two attached hydrogens (primary N) is 2. The summed E-state index contributed by atoms with van der Waals surface area (Å²) in [7, 11) is -3.49. The number of hydrogen-bond donors (Lipinski definition) is 3. The molecular weight excluding hydrogens is 444 g/mol. The maximum Gasteiger partial charge on any atom is 0.184 e. The second-order valence-electron chi connectivity index (χ2n) is 9.73. The van der Waals surface area contributed by atoms with Crippen molar-refractivity contribution in [2.45, 2.75) is 66.8 Å². The van der Waals surface area contributed by atoms with E-state index in [-0.39, 0.29) is 10.6 Å². The van der Waals surface area contributed by atoms with Crippen LogP contribution in [0.4, 0.5) is 5.82 Å². The highest BCUT2D eigenvalue weighted by atomic mass is 32.2. The molecule has 1 aromatic heterocycles. The summed E-state index contributed by atoms with van der Waals surface area (Å²) in [4.78, 5) is 4.09. The van der Waals surface area contributed by atoms with E-state index in [1.807, 2.05) is 24.3 Å². The van der Waals surface area contributed by atoms with E-state index in [1.54, 1.807) is 0 Å². The van der Waals surface area contributed by atoms with E-state index in [2.05, 4.69) is 34.6 Å². The van der Waals surface area contributed by atoms with E-state index in [0.717, 1.165) is 29.5 Å². The fourth-order valence-corrected chi connectivity index (χ4v) is 6.25. The lowest BCUT2D eigenvalue weighted by Gasteiger charge is -2.27. The lowest BCUT2D eigenvalue weighted by Crippen LogP contribution is -2.38. The molecule has 2 aliphatic rings. The van der Waals surface area contributed by atoms with Crippen LogP contribution in [-0.2, 0) is 15.6 Å². The molecule has 0 amide bonds. The molecule has 1 heterocycles. The highest BCUT2D eigenvalue weighted by Crippen LogP contribution is 2.42. The second kappa shape index (κ2) is 9.49. The van der Waals surface area contributed by atoms with Gasteiger partial charge in [0, 0.05) is 30.2 Å². The molecule has 2 fully saturated rings. The van der Waals surface area contributed by atoms with Crippen LogP contribution in [0, 0.1) is 0 Å². The highest BCUT2D eigenvalue weighted by Gasteiger charge is 2.39. The molecule has 0 spiro atoms. The van der Waals surface area contributed by atoms with Crippen LogP contribution < -0.4 is 16.8 Å². The van der Waals surface area contributed by atoms with Crippen molar-refractivity contribution in [3.05, 3.63) is 78.0 Å². The standard InChI is InChI=1S/C27H32N4O2S/c28-22-8-10-23(11-9-22)31-26-15-25(26)20-6-4-19(5-7-20)21-3-1-2-18(14-21)17-34(32,33)24-12-13-27(29)30-16-24/h1-7,12-14,16,22-23,25-26,31H,8-11,15,17,28H2,(H2,29,30)/t22?,23?,25-,26+/m1/s1. The zero-order chi connectivity index (χ0) is 23.7. The summed E-state index contributed by atoms with van der Waals surface area (Å²) in [6.07, 6.45) is 7.13. The number of benzene rings is 2. The third-order valence-corrected chi connectivity index (χ3v) is 8.76. The lowest BCUT2D eigenvalue weighted by atomic mass is 9.92. The first-order valence-corrected chi connectivity index (χ1v) is 13.7. The smallest absolute Gasteiger partial charge is 0.184 e. The summed E-state index contributed by atoms with van der Waals surface area (Å²) in [6, 6.07) is 21.0. The topological polar surface area (TPSA) is 111 Å². The number of hydrogen-bond acceptors (Lipinski definition) is 6. The average molecular weight is 477 g/mol. The Morgan fingerprint density at radius 1 is 0.941 bits per heavy atom. The van der Waals surface area contributed by atoms with Crippen LogP contribution in [0.2, 0.25) is 0 Å². The molecule has 0 aliphatic heterocycles. The van der Waals surface area contributed by atoms with Crippen LogP contribution in [0.15, 0.2) is 71.8 Å². The van der Waals surface area contributed by atoms with Crippen LogP contribution in [-0.4, -0.2) is 31.5 Å². The highest BCUT2D eigenvalue weighted by molar-refractivity contribution is 7.90. The number of pyridine rings is 1. The lowest BCUT2D eigenvalue weighted by molar-refractivity contribution is 0.339. The van der Waals surface area contributed by atoms with Gasteiger partial charge in [-0.15, -0.1) is 0 Å². The Kier molecular flexibility index (Phi) is 6.42. The van der Waals surface area contributed by atoms with E-state index in [4.69, 9.17) is 11.5 Å². The number of nitrogen functional groups attached to an aromatic ring is 1. The Labute approximate surface area is 201 Å². The van der Waals surface area contributed by atoms with Gasteiger partial charge >= 0.3 is 0 Å². The predicted octanol–water partition coefficient (Wildman–Crippen LogP) is 4.02. The normalized spacial score (nSPS) is 24.6. The van der Waals surface area contributed by atoms with E-state index in [1.165, 1.54) is 43.2 Å². The first kappa shape index (κ1) is 23.0. The first-order valence-electron chi connectivity index (χ1n) is 12.0. The quantitative estimate of drug-likeness (QED) is 0.475. The van der Waals surface area contributed by atoms with Gasteiger partial charge in [0.2, 0.25) is 0 Å². The molecule has 7 heteroatoms. The van der Waals surface area contributed by atoms with E-state index < -0.39 is 9.84 Å². The molecular formula is C27H32N4O2S. The molecule has 5 N–H and O–H groups in total. The van der Waals surface area contributed by atoms with Crippen LogP contribution in [0.3, 0.4) is 0 Å². The number of aromatic nitrogens is 1. The van der Waals surface area contributed by atoms with Crippen LogP contribution in [0.1, 0.15) is 49.1 Å². The van der Waals surface area contributed by atoms with Crippen LogP contribution in [0.25, 0.3) is 11.1 Å². The Bertz CT molecular complexity index is 1230. The summed E-state index contributed by atoms with van der Waals surface area (Å²) in [5, 5.41) is 3.83. The average Bonchev–Trinajstić information content (AvgIpc) is 3.60. The molecule has 0 bridgehead atoms. The number of nitrogens with zero attached hydrogens (tertiary/aromatic N) is 1. The van der Waals surface area contributed by atoms with Gasteiger partial charge < -0.3 is 16.8 Å². The molecule has 6 nitrogen and oxygen atoms in total. The Balaban J connectivity index is 1.23. The van der Waals surface area contributed by atoms with Gasteiger partial charge in [0.25, 0.3) is 0 Å². The maximum atomic E-state index is 12.8. The Hall–Kier alpha value is -2.74. The third-order valence-electron chi connectivity index (χ3n) is 7.09. The van der Waals surface area contributed by atoms with Gasteiger partial charge in [-0.1, -0.05) is 48.5 Å². The van der Waals surface area contributed by atoms with E-state index in [9.17, 15) is 8.42 Å². The minimum Gasteiger partial charge on any atom is -0.384 e. The second-order valence-corrected chi connectivity index (χ2v) is 11.7. The van der Waals surface area contributed by atoms with Crippen LogP contribution in [0.5, 0.6) is 0 Å². The summed E-state index contributed by atoms with van der Waals surface area (Å²) < 4.78 is 25.6. The van der Waals surface area contributed by atoms with Gasteiger partial charge in [0.05, 0.1) is 10.6 Å². The van der Waals surface area contributed by atoms with Gasteiger partial charge in [0.1, 0.15) is 5.82 Å². The molecule has 0 radical (unpaired) electrons. The summed E-state index contributed by atoms with van der Waals surface area (Å²) >= 11 is 0. The Morgan fingerprint density at radius 3 is 2.41 bits per heavy atom. The number of nitrogens with one attached hydrogen (secondary N) is 1. The Morgan fingerprint density at radius 2 is 1.71 bits per heavy atom. The largest absolute Gasteiger partial charge is 0.384 e. The van der Waals surface area contributed by atoms with Crippen molar-refractivity contribution >= 4 is 15.7 Å². The molecule has 34 heavy (non-hydrogen) atoms. The number of sulfone groups is 1. The minimum absolute atomic E-state index is 0.0774. The zero-order valence-electron chi connectivity index (χ0n) is 19.2. The molecule has 0 saturated heterocycles. The minimum atomic E-state index is -3.49. The monoisotopic (exact) mass is 476 g/mol. The molecule has 2 saturated carbocycles. The van der Waals surface area contributed by atoms with E-state index >= 15 is 0 Å². The molecule has 0 unspecified atom stereocenters. The summed E-state index contributed by atoms with van der Waals surface area (Å²) in [5.41, 5.74) is 15.8. The molecule has 2 aromatic carbocycles. The molecule has 2 aliphatic carbocycles. The molecule has 178 valence electrons. The van der Waals surface area contributed by atoms with Gasteiger partial charge in [-0.2, -0.15) is 0 Å². The molecule has 2 atom stereocenters. The summed E-state index contributed by atoms with van der Waals surface area (Å²) in [5.74, 6) is 0.803. The van der Waals surface area contributed by atoms with Crippen molar-refractivity contribution in [1.29, 1.82) is 0 Å².